The molecule has 0 aliphatic heterocycles. The van der Waals surface area contributed by atoms with Crippen molar-refractivity contribution in [1.82, 2.24) is 64.8 Å². The average Bonchev–Trinajstić information content (AvgIpc) is 1.70. The zero-order chi connectivity index (χ0) is 84.9. The molecular weight excluding hydrogens is 1670 g/mol. The number of aromatic nitrogens is 13. The molecule has 0 radical (unpaired) electrons. The van der Waals surface area contributed by atoms with Crippen molar-refractivity contribution in [2.24, 2.45) is 5.92 Å². The number of benzene rings is 6. The maximum Gasteiger partial charge on any atom is 0.267 e. The fourth-order valence-electron chi connectivity index (χ4n) is 11.7. The number of hydrogen-bond acceptors (Lipinski definition) is 24. The lowest BCUT2D eigenvalue weighted by atomic mass is 10.1. The molecule has 119 heavy (non-hydrogen) atoms. The number of sulfonamides is 3. The van der Waals surface area contributed by atoms with Crippen molar-refractivity contribution in [3.05, 3.63) is 251 Å². The van der Waals surface area contributed by atoms with Crippen LogP contribution in [0.3, 0.4) is 0 Å². The highest BCUT2D eigenvalue weighted by Gasteiger charge is 2.33. The summed E-state index contributed by atoms with van der Waals surface area (Å²) < 4.78 is 218. The maximum absolute atomic E-state index is 16.1. The van der Waals surface area contributed by atoms with E-state index in [1.54, 1.807) is 94.4 Å². The van der Waals surface area contributed by atoms with Crippen molar-refractivity contribution < 1.29 is 69.9 Å². The SMILES string of the molecule is CCc1nccc(-c2sc(N(C)C)nc2-c2cccc(NS(=O)(=O)c3c(F)cccc3F)c2F)n1.Cc1ncc(-c2nc(-c3cccc(NS(=O)(=O)c4c(F)ccc(C)c4F)c3F)c(-c3ccnc(CC4CC4)n3)s2)cn1.Cc1ncc(-c2nc(-c3cccc(NS(=O)(=O)c4c(F)ccc(C)c4F)c3F)c(-c3ccnc(CCCO)n3)s2)cn1. The first-order valence-corrected chi connectivity index (χ1v) is 42.9. The van der Waals surface area contributed by atoms with Gasteiger partial charge in [-0.1, -0.05) is 54.7 Å². The van der Waals surface area contributed by atoms with E-state index in [2.05, 4.69) is 54.8 Å². The summed E-state index contributed by atoms with van der Waals surface area (Å²) >= 11 is 3.73. The van der Waals surface area contributed by atoms with E-state index in [0.717, 1.165) is 73.9 Å². The fourth-order valence-corrected chi connectivity index (χ4v) is 18.5. The highest BCUT2D eigenvalue weighted by Crippen LogP contribution is 2.46. The summed E-state index contributed by atoms with van der Waals surface area (Å²) in [6.07, 6.45) is 15.6. The number of anilines is 4. The van der Waals surface area contributed by atoms with Crippen LogP contribution in [0.2, 0.25) is 0 Å². The second-order valence-corrected chi connectivity index (χ2v) is 34.6. The molecule has 1 saturated carbocycles. The van der Waals surface area contributed by atoms with E-state index < -0.39 is 114 Å². The Morgan fingerprint density at radius 3 is 1.21 bits per heavy atom. The van der Waals surface area contributed by atoms with Crippen molar-refractivity contribution in [3.8, 4) is 86.6 Å². The first-order valence-electron chi connectivity index (χ1n) is 36.0. The van der Waals surface area contributed by atoms with Gasteiger partial charge >= 0.3 is 0 Å². The first-order chi connectivity index (χ1) is 56.8. The molecular formula is C80H66F9N17O7S6. The summed E-state index contributed by atoms with van der Waals surface area (Å²) in [4.78, 5) is 57.1. The number of aryl methyl sites for hydroxylation is 6. The molecule has 14 aromatic rings. The molecule has 1 aliphatic carbocycles. The molecule has 0 amide bonds. The molecule has 8 aromatic heterocycles. The molecule has 6 aromatic carbocycles. The third kappa shape index (κ3) is 18.9. The Morgan fingerprint density at radius 2 is 0.798 bits per heavy atom. The van der Waals surface area contributed by atoms with Gasteiger partial charge < -0.3 is 10.0 Å². The van der Waals surface area contributed by atoms with Crippen LogP contribution in [-0.2, 0) is 49.3 Å². The lowest BCUT2D eigenvalue weighted by molar-refractivity contribution is 0.287. The minimum Gasteiger partial charge on any atom is -0.396 e. The lowest BCUT2D eigenvalue weighted by Crippen LogP contribution is -2.18. The average molecular weight is 1740 g/mol. The van der Waals surface area contributed by atoms with Crippen LogP contribution in [0.25, 0.3) is 86.6 Å². The third-order valence-corrected chi connectivity index (χ3v) is 25.6. The number of halogens is 9. The van der Waals surface area contributed by atoms with Crippen molar-refractivity contribution >= 4 is 86.3 Å². The Balaban J connectivity index is 0.000000155. The summed E-state index contributed by atoms with van der Waals surface area (Å²) in [5.41, 5.74) is 1.48. The Kier molecular flexibility index (Phi) is 25.4. The highest BCUT2D eigenvalue weighted by molar-refractivity contribution is 7.93. The molecule has 612 valence electrons. The smallest absolute Gasteiger partial charge is 0.267 e. The van der Waals surface area contributed by atoms with E-state index in [1.807, 2.05) is 21.1 Å². The molecule has 0 unspecified atom stereocenters. The van der Waals surface area contributed by atoms with Gasteiger partial charge in [0, 0.05) is 111 Å². The Bertz CT molecular complexity index is 6530. The topological polar surface area (TPSA) is 330 Å². The highest BCUT2D eigenvalue weighted by atomic mass is 32.2. The van der Waals surface area contributed by atoms with Gasteiger partial charge in [0.2, 0.25) is 0 Å². The van der Waals surface area contributed by atoms with Crippen LogP contribution >= 0.6 is 34.0 Å². The van der Waals surface area contributed by atoms with Crippen LogP contribution in [0.15, 0.2) is 173 Å². The second-order valence-electron chi connectivity index (χ2n) is 26.8. The van der Waals surface area contributed by atoms with Gasteiger partial charge in [-0.05, 0) is 143 Å². The van der Waals surface area contributed by atoms with Crippen LogP contribution in [0, 0.1) is 86.0 Å². The van der Waals surface area contributed by atoms with Gasteiger partial charge in [0.25, 0.3) is 30.1 Å². The van der Waals surface area contributed by atoms with E-state index in [4.69, 9.17) is 9.97 Å². The summed E-state index contributed by atoms with van der Waals surface area (Å²) in [5, 5.41) is 10.7. The number of hydrogen-bond donors (Lipinski definition) is 4. The normalized spacial score (nSPS) is 12.2. The Morgan fingerprint density at radius 1 is 0.429 bits per heavy atom. The van der Waals surface area contributed by atoms with Gasteiger partial charge in [-0.15, -0.1) is 22.7 Å². The number of aliphatic hydroxyl groups is 1. The van der Waals surface area contributed by atoms with Gasteiger partial charge in [-0.25, -0.2) is 130 Å². The van der Waals surface area contributed by atoms with Crippen LogP contribution < -0.4 is 19.1 Å². The number of nitrogens with one attached hydrogen (secondary N) is 3. The molecule has 0 saturated heterocycles. The molecule has 4 N–H and O–H groups in total. The van der Waals surface area contributed by atoms with Crippen molar-refractivity contribution in [3.63, 3.8) is 0 Å². The van der Waals surface area contributed by atoms with E-state index in [9.17, 15) is 56.7 Å². The van der Waals surface area contributed by atoms with Crippen LogP contribution in [-0.4, -0.2) is 116 Å². The van der Waals surface area contributed by atoms with Crippen molar-refractivity contribution in [2.75, 3.05) is 39.8 Å². The second kappa shape index (κ2) is 35.7. The number of thiazole rings is 3. The predicted molar refractivity (Wildman–Crippen MR) is 434 cm³/mol. The summed E-state index contributed by atoms with van der Waals surface area (Å²) in [7, 11) is -10.9. The van der Waals surface area contributed by atoms with E-state index in [0.29, 0.717) is 112 Å². The lowest BCUT2D eigenvalue weighted by Gasteiger charge is -2.13. The third-order valence-electron chi connectivity index (χ3n) is 17.9. The van der Waals surface area contributed by atoms with Crippen molar-refractivity contribution in [1.29, 1.82) is 0 Å². The molecule has 1 aliphatic rings. The largest absolute Gasteiger partial charge is 0.396 e. The zero-order valence-corrected chi connectivity index (χ0v) is 68.4. The van der Waals surface area contributed by atoms with Gasteiger partial charge in [0.15, 0.2) is 37.3 Å². The van der Waals surface area contributed by atoms with Gasteiger partial charge in [0.1, 0.15) is 74.0 Å². The van der Waals surface area contributed by atoms with Gasteiger partial charge in [-0.3, -0.25) is 14.2 Å². The predicted octanol–water partition coefficient (Wildman–Crippen LogP) is 17.1. The number of nitrogens with zero attached hydrogens (tertiary/aromatic N) is 14. The van der Waals surface area contributed by atoms with E-state index in [-0.39, 0.29) is 51.5 Å². The molecule has 1 fully saturated rings. The van der Waals surface area contributed by atoms with Crippen LogP contribution in [0.4, 0.5) is 61.7 Å². The quantitative estimate of drug-likeness (QED) is 0.0408. The first kappa shape index (κ1) is 84.9. The van der Waals surface area contributed by atoms with Gasteiger partial charge in [-0.2, -0.15) is 0 Å². The molecule has 0 atom stereocenters. The minimum absolute atomic E-state index is 0.00443. The molecule has 0 bridgehead atoms. The number of rotatable bonds is 24. The van der Waals surface area contributed by atoms with Crippen molar-refractivity contribution in [2.45, 2.75) is 87.8 Å². The zero-order valence-electron chi connectivity index (χ0n) is 63.5. The standard InChI is InChI=1S/C29H23F3N6O2S2.C28H23F3N6O3S2.C23H20F3N5O2S2/c1-15-6-9-20(30)28(24(15)31)42(39,40)38-21-5-3-4-19(25(21)32)26-27(22-10-11-33-23(36-22)12-17-7-8-17)41-29(37-26)18-13-34-16(2)35-14-18;1-15-8-9-19(29)27(23(15)30)42(39,40)37-20-6-3-5-18(24(20)31)25-26(21-10-11-32-22(35-21)7-4-12-38)41-28(36-25)17-13-33-16(2)34-14-17;1-4-18-27-12-11-17(28-18)21-20(29-23(34-21)31(2)3)13-7-5-10-16(19(13)26)30-35(32,33)22-14(24)8-6-9-15(22)25/h3-6,9-11,13-14,17,38H,7-8,12H2,1-2H3;3,5-6,8-11,13-14,37-38H,4,7,12H2,1-2H3;5-12,30H,4H2,1-3H3. The van der Waals surface area contributed by atoms with Crippen LogP contribution in [0.5, 0.6) is 0 Å². The van der Waals surface area contributed by atoms with Gasteiger partial charge in [0.05, 0.1) is 65.9 Å². The van der Waals surface area contributed by atoms with Crippen LogP contribution in [0.1, 0.15) is 66.4 Å². The minimum atomic E-state index is -4.85. The molecule has 8 heterocycles. The molecule has 15 rings (SSSR count). The monoisotopic (exact) mass is 1740 g/mol. The summed E-state index contributed by atoms with van der Waals surface area (Å²) in [6.45, 7) is 7.94. The summed E-state index contributed by atoms with van der Waals surface area (Å²) in [5.74, 6) is -7.24. The van der Waals surface area contributed by atoms with E-state index in [1.165, 1.54) is 90.3 Å². The number of aliphatic hydroxyl groups excluding tert-OH is 1. The summed E-state index contributed by atoms with van der Waals surface area (Å²) in [6, 6.07) is 23.6. The maximum atomic E-state index is 16.1. The Hall–Kier alpha value is -12.0. The fraction of sp³-hybridized carbons (Fsp3) is 0.188. The molecule has 0 spiro atoms. The van der Waals surface area contributed by atoms with E-state index >= 15 is 13.2 Å². The Labute approximate surface area is 687 Å². The molecule has 24 nitrogen and oxygen atoms in total. The molecule has 39 heteroatoms.